The number of nitrogens with one attached hydrogen (secondary N) is 1. The summed E-state index contributed by atoms with van der Waals surface area (Å²) in [7, 11) is 3.56. The van der Waals surface area contributed by atoms with E-state index >= 15 is 0 Å². The molecule has 2 aromatic carbocycles. The highest BCUT2D eigenvalue weighted by Gasteiger charge is 2.41. The van der Waals surface area contributed by atoms with Gasteiger partial charge in [-0.2, -0.15) is 5.10 Å². The van der Waals surface area contributed by atoms with Gasteiger partial charge < -0.3 is 15.0 Å². The van der Waals surface area contributed by atoms with Crippen LogP contribution in [0, 0.1) is 17.0 Å². The van der Waals surface area contributed by atoms with Gasteiger partial charge in [0.25, 0.3) is 0 Å². The first-order valence-electron chi connectivity index (χ1n) is 17.3. The van der Waals surface area contributed by atoms with E-state index in [0.29, 0.717) is 41.7 Å². The van der Waals surface area contributed by atoms with Crippen LogP contribution in [0.1, 0.15) is 57.6 Å². The maximum Gasteiger partial charge on any atom is 0.158 e. The van der Waals surface area contributed by atoms with Crippen LogP contribution in [0.4, 0.5) is 36.2 Å². The number of hydrogen-bond donors (Lipinski definition) is 1. The Morgan fingerprint density at radius 2 is 1.70 bits per heavy atom. The van der Waals surface area contributed by atoms with Crippen molar-refractivity contribution in [1.29, 1.82) is 0 Å². The molecule has 3 fully saturated rings. The molecule has 1 spiro atoms. The number of likely N-dealkylation sites (tertiary alicyclic amines) is 1. The van der Waals surface area contributed by atoms with Crippen LogP contribution in [0.2, 0.25) is 0 Å². The van der Waals surface area contributed by atoms with Crippen LogP contribution in [-0.2, 0) is 11.9 Å². The van der Waals surface area contributed by atoms with Crippen molar-refractivity contribution in [1.82, 2.24) is 24.6 Å². The highest BCUT2D eigenvalue weighted by atomic mass is 19.1. The number of rotatable bonds is 9. The van der Waals surface area contributed by atoms with Crippen molar-refractivity contribution >= 4 is 23.0 Å². The van der Waals surface area contributed by atoms with Gasteiger partial charge in [-0.1, -0.05) is 0 Å². The van der Waals surface area contributed by atoms with E-state index in [1.807, 2.05) is 33.3 Å². The first-order valence-corrected chi connectivity index (χ1v) is 17.3. The number of halogens is 3. The van der Waals surface area contributed by atoms with Crippen LogP contribution in [0.5, 0.6) is 5.75 Å². The second-order valence-corrected chi connectivity index (χ2v) is 14.4. The van der Waals surface area contributed by atoms with Crippen LogP contribution in [0.3, 0.4) is 0 Å². The van der Waals surface area contributed by atoms with Crippen LogP contribution in [0.15, 0.2) is 55.1 Å². The van der Waals surface area contributed by atoms with E-state index < -0.39 is 23.2 Å². The molecule has 1 N–H and O–H groups in total. The second kappa shape index (κ2) is 13.7. The number of benzene rings is 2. The molecule has 266 valence electrons. The Kier molecular flexibility index (Phi) is 9.38. The number of nitrogens with zero attached hydrogens (tertiary/aromatic N) is 7. The lowest BCUT2D eigenvalue weighted by atomic mass is 9.70. The van der Waals surface area contributed by atoms with Crippen LogP contribution >= 0.6 is 0 Å². The van der Waals surface area contributed by atoms with Gasteiger partial charge in [0, 0.05) is 73.3 Å². The lowest BCUT2D eigenvalue weighted by Gasteiger charge is -2.50. The Morgan fingerprint density at radius 1 is 0.980 bits per heavy atom. The van der Waals surface area contributed by atoms with Gasteiger partial charge in [0.1, 0.15) is 36.2 Å². The molecule has 0 amide bonds. The molecule has 10 nitrogen and oxygen atoms in total. The quantitative estimate of drug-likeness (QED) is 0.196. The fraction of sp³-hybridized carbons (Fsp3) is 0.486. The number of hydrogen-bond acceptors (Lipinski definition) is 9. The molecule has 0 bridgehead atoms. The number of anilines is 4. The summed E-state index contributed by atoms with van der Waals surface area (Å²) in [6.07, 6.45) is 10.2. The summed E-state index contributed by atoms with van der Waals surface area (Å²) >= 11 is 0. The van der Waals surface area contributed by atoms with Crippen molar-refractivity contribution < 1.29 is 22.7 Å². The number of piperidine rings is 2. The minimum Gasteiger partial charge on any atom is -0.494 e. The molecule has 7 rings (SSSR count). The molecule has 13 heteroatoms. The fourth-order valence-electron chi connectivity index (χ4n) is 7.72. The van der Waals surface area contributed by atoms with E-state index in [2.05, 4.69) is 42.3 Å². The van der Waals surface area contributed by atoms with Gasteiger partial charge in [0.05, 0.1) is 31.6 Å². The van der Waals surface area contributed by atoms with Crippen molar-refractivity contribution in [3.05, 3.63) is 72.3 Å². The summed E-state index contributed by atoms with van der Waals surface area (Å²) < 4.78 is 49.6. The van der Waals surface area contributed by atoms with E-state index in [1.54, 1.807) is 22.9 Å². The third-order valence-corrected chi connectivity index (χ3v) is 10.8. The molecule has 2 aromatic heterocycles. The van der Waals surface area contributed by atoms with Crippen LogP contribution in [-0.4, -0.2) is 76.8 Å². The number of methoxy groups -OCH3 is 1. The Labute approximate surface area is 291 Å². The third-order valence-electron chi connectivity index (χ3n) is 10.8. The number of aryl methyl sites for hydroxylation is 1. The Hall–Kier alpha value is -4.36. The van der Waals surface area contributed by atoms with Crippen LogP contribution < -0.4 is 20.0 Å². The molecule has 0 radical (unpaired) electrons. The van der Waals surface area contributed by atoms with E-state index in [9.17, 15) is 13.2 Å². The van der Waals surface area contributed by atoms with Gasteiger partial charge in [0.2, 0.25) is 0 Å². The molecule has 0 unspecified atom stereocenters. The Bertz CT molecular complexity index is 1800. The molecule has 5 heterocycles. The lowest BCUT2D eigenvalue weighted by molar-refractivity contribution is 0.0112. The number of hydroxylamine groups is 1. The molecular weight excluding hydrogens is 645 g/mol. The molecule has 0 saturated carbocycles. The van der Waals surface area contributed by atoms with E-state index in [-0.39, 0.29) is 12.1 Å². The minimum absolute atomic E-state index is 0.283. The summed E-state index contributed by atoms with van der Waals surface area (Å²) in [5, 5.41) is 9.46. The first kappa shape index (κ1) is 34.1. The fourth-order valence-corrected chi connectivity index (χ4v) is 7.72. The zero-order valence-corrected chi connectivity index (χ0v) is 29.1. The molecule has 3 aliphatic heterocycles. The van der Waals surface area contributed by atoms with Crippen molar-refractivity contribution in [2.24, 2.45) is 12.5 Å². The molecule has 4 aromatic rings. The van der Waals surface area contributed by atoms with Gasteiger partial charge in [0.15, 0.2) is 5.82 Å². The molecule has 50 heavy (non-hydrogen) atoms. The SMILES string of the molecule is COc1cc(N2CCC3(CC2)CCN(C(C)(C)CF)CC3)c(-c2cnn(C)c2)cc1Nc1cc(N2OCC[C@@H]2c2cc(F)cc(F)c2)ncn1. The predicted octanol–water partition coefficient (Wildman–Crippen LogP) is 7.22. The average molecular weight is 691 g/mol. The van der Waals surface area contributed by atoms with Gasteiger partial charge >= 0.3 is 0 Å². The lowest BCUT2D eigenvalue weighted by Crippen LogP contribution is -2.53. The standard InChI is InChI=1S/C37H45F3N8O2/c1-36(2,23-38)47-12-8-37(9-13-47)6-10-46(11-7-37)32-19-33(49-4)30(18-29(32)26-21-43-45(3)22-26)44-34-20-35(42-24-41-34)48-31(5-14-50-48)25-15-27(39)17-28(40)16-25/h15-22,24,31H,5-14,23H2,1-4H3,(H,41,42,44)/t31-/m1/s1. The minimum atomic E-state index is -0.638. The molecule has 3 aliphatic rings. The molecule has 3 saturated heterocycles. The largest absolute Gasteiger partial charge is 0.494 e. The average Bonchev–Trinajstić information content (AvgIpc) is 3.78. The van der Waals surface area contributed by atoms with Crippen molar-refractivity contribution in [3.63, 3.8) is 0 Å². The summed E-state index contributed by atoms with van der Waals surface area (Å²) in [4.78, 5) is 19.5. The highest BCUT2D eigenvalue weighted by Crippen LogP contribution is 2.47. The maximum absolute atomic E-state index is 14.1. The summed E-state index contributed by atoms with van der Waals surface area (Å²) in [5.41, 5.74) is 4.13. The van der Waals surface area contributed by atoms with E-state index in [4.69, 9.17) is 9.57 Å². The highest BCUT2D eigenvalue weighted by molar-refractivity contribution is 5.85. The van der Waals surface area contributed by atoms with E-state index in [0.717, 1.165) is 74.7 Å². The monoisotopic (exact) mass is 690 g/mol. The van der Waals surface area contributed by atoms with Gasteiger partial charge in [-0.15, -0.1) is 0 Å². The summed E-state index contributed by atoms with van der Waals surface area (Å²) in [6, 6.07) is 8.99. The summed E-state index contributed by atoms with van der Waals surface area (Å²) in [5.74, 6) is 0.334. The molecule has 0 aliphatic carbocycles. The Morgan fingerprint density at radius 3 is 2.36 bits per heavy atom. The zero-order valence-electron chi connectivity index (χ0n) is 29.1. The number of aromatic nitrogens is 4. The first-order chi connectivity index (χ1) is 24.1. The van der Waals surface area contributed by atoms with Gasteiger partial charge in [-0.05, 0) is 81.8 Å². The van der Waals surface area contributed by atoms with Gasteiger partial charge in [-0.3, -0.25) is 14.4 Å². The van der Waals surface area contributed by atoms with Crippen molar-refractivity contribution in [2.75, 3.05) is 61.9 Å². The van der Waals surface area contributed by atoms with Gasteiger partial charge in [-0.25, -0.2) is 28.2 Å². The smallest absolute Gasteiger partial charge is 0.158 e. The molecule has 1 atom stereocenters. The maximum atomic E-state index is 14.1. The van der Waals surface area contributed by atoms with Crippen LogP contribution in [0.25, 0.3) is 11.1 Å². The zero-order chi connectivity index (χ0) is 35.0. The molecular formula is C37H45F3N8O2. The normalized spacial score (nSPS) is 19.7. The third kappa shape index (κ3) is 6.85. The second-order valence-electron chi connectivity index (χ2n) is 14.4. The summed E-state index contributed by atoms with van der Waals surface area (Å²) in [6.45, 7) is 7.75. The Balaban J connectivity index is 1.13. The van der Waals surface area contributed by atoms with E-state index in [1.165, 1.54) is 18.5 Å². The topological polar surface area (TPSA) is 83.8 Å². The predicted molar refractivity (Wildman–Crippen MR) is 187 cm³/mol. The number of ether oxygens (including phenoxy) is 1. The van der Waals surface area contributed by atoms with Crippen molar-refractivity contribution in [2.45, 2.75) is 57.5 Å². The van der Waals surface area contributed by atoms with Crippen molar-refractivity contribution in [3.8, 4) is 16.9 Å². The number of alkyl halides is 1.